The van der Waals surface area contributed by atoms with Crippen LogP contribution in [0.15, 0.2) is 61.2 Å². The Morgan fingerprint density at radius 1 is 1.09 bits per heavy atom. The van der Waals surface area contributed by atoms with Crippen molar-refractivity contribution in [2.45, 2.75) is 18.4 Å². The lowest BCUT2D eigenvalue weighted by atomic mass is 9.94. The van der Waals surface area contributed by atoms with Crippen LogP contribution in [-0.4, -0.2) is 60.4 Å². The number of ether oxygens (including phenoxy) is 3. The van der Waals surface area contributed by atoms with E-state index in [1.54, 1.807) is 11.0 Å². The number of anilines is 1. The van der Waals surface area contributed by atoms with Crippen molar-refractivity contribution in [1.82, 2.24) is 20.1 Å². The van der Waals surface area contributed by atoms with E-state index in [1.807, 2.05) is 36.4 Å². The lowest BCUT2D eigenvalue weighted by molar-refractivity contribution is -0.116. The average molecular weight is 456 g/mol. The van der Waals surface area contributed by atoms with E-state index >= 15 is 0 Å². The van der Waals surface area contributed by atoms with Gasteiger partial charge in [0.15, 0.2) is 6.29 Å². The van der Waals surface area contributed by atoms with Gasteiger partial charge in [0.2, 0.25) is 0 Å². The summed E-state index contributed by atoms with van der Waals surface area (Å²) in [5.41, 5.74) is 1.49. The molecule has 2 saturated heterocycles. The minimum Gasteiger partial charge on any atom is -0.488 e. The van der Waals surface area contributed by atoms with Gasteiger partial charge >= 0.3 is 0 Å². The zero-order chi connectivity index (χ0) is 21.8. The van der Waals surface area contributed by atoms with E-state index in [-0.39, 0.29) is 0 Å². The number of hydrogen-bond acceptors (Lipinski definition) is 7. The first-order valence-electron chi connectivity index (χ1n) is 10.8. The Kier molecular flexibility index (Phi) is 6.27. The Morgan fingerprint density at radius 3 is 2.59 bits per heavy atom. The summed E-state index contributed by atoms with van der Waals surface area (Å²) >= 11 is 6.09. The maximum atomic E-state index is 6.39. The van der Waals surface area contributed by atoms with E-state index in [9.17, 15) is 0 Å². The van der Waals surface area contributed by atoms with Gasteiger partial charge in [-0.15, -0.1) is 0 Å². The predicted molar refractivity (Wildman–Crippen MR) is 121 cm³/mol. The highest BCUT2D eigenvalue weighted by Crippen LogP contribution is 2.36. The first-order valence-corrected chi connectivity index (χ1v) is 11.1. The number of rotatable bonds is 7. The van der Waals surface area contributed by atoms with Crippen LogP contribution in [0.5, 0.6) is 5.75 Å². The second-order valence-corrected chi connectivity index (χ2v) is 8.43. The number of piperazine rings is 1. The van der Waals surface area contributed by atoms with Gasteiger partial charge in [-0.2, -0.15) is 5.10 Å². The van der Waals surface area contributed by atoms with Gasteiger partial charge in [0.25, 0.3) is 0 Å². The Morgan fingerprint density at radius 2 is 1.88 bits per heavy atom. The van der Waals surface area contributed by atoms with E-state index in [0.717, 1.165) is 37.5 Å². The van der Waals surface area contributed by atoms with Crippen LogP contribution in [0.25, 0.3) is 0 Å². The molecule has 0 saturated carbocycles. The number of benzene rings is 2. The topological polar surface area (TPSA) is 73.7 Å². The largest absolute Gasteiger partial charge is 0.488 e. The summed E-state index contributed by atoms with van der Waals surface area (Å²) in [6.07, 6.45) is 2.68. The SMILES string of the molecule is Clc1ccc(C2(Cn3cncn3)COC(COc3ccc(N4CCNCC4)cc3)O2)cc1. The third-order valence-corrected chi connectivity index (χ3v) is 6.07. The Hall–Kier alpha value is -2.65. The van der Waals surface area contributed by atoms with Crippen molar-refractivity contribution in [1.29, 1.82) is 0 Å². The van der Waals surface area contributed by atoms with Gasteiger partial charge in [0, 0.05) is 36.9 Å². The molecule has 32 heavy (non-hydrogen) atoms. The van der Waals surface area contributed by atoms with Gasteiger partial charge < -0.3 is 24.4 Å². The van der Waals surface area contributed by atoms with Crippen LogP contribution in [0.3, 0.4) is 0 Å². The summed E-state index contributed by atoms with van der Waals surface area (Å²) in [4.78, 5) is 6.41. The molecule has 0 radical (unpaired) electrons. The van der Waals surface area contributed by atoms with E-state index in [2.05, 4.69) is 32.4 Å². The van der Waals surface area contributed by atoms with Gasteiger partial charge in [0.05, 0.1) is 13.2 Å². The molecular formula is C23H26ClN5O3. The zero-order valence-electron chi connectivity index (χ0n) is 17.7. The fraction of sp³-hybridized carbons (Fsp3) is 0.391. The maximum Gasteiger partial charge on any atom is 0.193 e. The lowest BCUT2D eigenvalue weighted by Gasteiger charge is -2.29. The lowest BCUT2D eigenvalue weighted by Crippen LogP contribution is -2.43. The summed E-state index contributed by atoms with van der Waals surface area (Å²) in [6, 6.07) is 15.8. The number of nitrogens with zero attached hydrogens (tertiary/aromatic N) is 4. The molecular weight excluding hydrogens is 430 g/mol. The van der Waals surface area contributed by atoms with E-state index in [4.69, 9.17) is 25.8 Å². The molecule has 0 aliphatic carbocycles. The first-order chi connectivity index (χ1) is 15.7. The molecule has 0 spiro atoms. The Labute approximate surface area is 192 Å². The van der Waals surface area contributed by atoms with Crippen LogP contribution in [0.4, 0.5) is 5.69 Å². The van der Waals surface area contributed by atoms with Crippen molar-refractivity contribution in [2.24, 2.45) is 0 Å². The average Bonchev–Trinajstić information content (AvgIpc) is 3.50. The third-order valence-electron chi connectivity index (χ3n) is 5.82. The van der Waals surface area contributed by atoms with Crippen molar-refractivity contribution < 1.29 is 14.2 Å². The van der Waals surface area contributed by atoms with Gasteiger partial charge in [-0.05, 0) is 42.0 Å². The molecule has 8 nitrogen and oxygen atoms in total. The highest BCUT2D eigenvalue weighted by Gasteiger charge is 2.44. The standard InChI is InChI=1S/C23H26ClN5O3/c24-19-3-1-18(2-4-19)23(14-29-17-26-16-27-29)15-31-22(32-23)13-30-21-7-5-20(6-8-21)28-11-9-25-10-12-28/h1-8,16-17,22,25H,9-15H2. The molecule has 2 fully saturated rings. The molecule has 2 atom stereocenters. The molecule has 5 rings (SSSR count). The van der Waals surface area contributed by atoms with Crippen LogP contribution in [-0.2, 0) is 21.6 Å². The van der Waals surface area contributed by atoms with Crippen LogP contribution in [0.2, 0.25) is 5.02 Å². The fourth-order valence-electron chi connectivity index (χ4n) is 4.13. The monoisotopic (exact) mass is 455 g/mol. The fourth-order valence-corrected chi connectivity index (χ4v) is 4.25. The predicted octanol–water partition coefficient (Wildman–Crippen LogP) is 2.69. The molecule has 1 N–H and O–H groups in total. The minimum absolute atomic E-state index is 0.291. The van der Waals surface area contributed by atoms with Gasteiger partial charge in [-0.25, -0.2) is 9.67 Å². The van der Waals surface area contributed by atoms with Crippen molar-refractivity contribution in [3.8, 4) is 5.75 Å². The van der Waals surface area contributed by atoms with Gasteiger partial charge in [-0.1, -0.05) is 23.7 Å². The smallest absolute Gasteiger partial charge is 0.193 e. The summed E-state index contributed by atoms with van der Waals surface area (Å²) in [5, 5.41) is 8.28. The van der Waals surface area contributed by atoms with Crippen LogP contribution in [0, 0.1) is 0 Å². The highest BCUT2D eigenvalue weighted by molar-refractivity contribution is 6.30. The van der Waals surface area contributed by atoms with Crippen molar-refractivity contribution in [3.05, 3.63) is 71.8 Å². The number of nitrogens with one attached hydrogen (secondary N) is 1. The van der Waals surface area contributed by atoms with Crippen LogP contribution in [0.1, 0.15) is 5.56 Å². The molecule has 168 valence electrons. The molecule has 2 aromatic carbocycles. The molecule has 0 bridgehead atoms. The van der Waals surface area contributed by atoms with Gasteiger partial charge in [0.1, 0.15) is 30.6 Å². The zero-order valence-corrected chi connectivity index (χ0v) is 18.4. The normalized spacial score (nSPS) is 23.4. The van der Waals surface area contributed by atoms with E-state index in [0.29, 0.717) is 24.8 Å². The quantitative estimate of drug-likeness (QED) is 0.587. The number of halogens is 1. The Bertz CT molecular complexity index is 993. The maximum absolute atomic E-state index is 6.39. The van der Waals surface area contributed by atoms with Crippen molar-refractivity contribution in [2.75, 3.05) is 44.3 Å². The number of hydrogen-bond donors (Lipinski definition) is 1. The summed E-state index contributed by atoms with van der Waals surface area (Å²) in [7, 11) is 0. The Balaban J connectivity index is 1.24. The molecule has 1 aromatic heterocycles. The van der Waals surface area contributed by atoms with Crippen molar-refractivity contribution in [3.63, 3.8) is 0 Å². The minimum atomic E-state index is -0.696. The summed E-state index contributed by atoms with van der Waals surface area (Å²) in [6.45, 7) is 5.21. The van der Waals surface area contributed by atoms with E-state index < -0.39 is 11.9 Å². The molecule has 0 amide bonds. The second-order valence-electron chi connectivity index (χ2n) is 7.99. The molecule has 9 heteroatoms. The highest BCUT2D eigenvalue weighted by atomic mass is 35.5. The molecule has 3 aromatic rings. The molecule has 2 aliphatic heterocycles. The van der Waals surface area contributed by atoms with Crippen LogP contribution >= 0.6 is 11.6 Å². The number of aromatic nitrogens is 3. The summed E-state index contributed by atoms with van der Waals surface area (Å²) in [5.74, 6) is 0.788. The summed E-state index contributed by atoms with van der Waals surface area (Å²) < 4.78 is 20.1. The second kappa shape index (κ2) is 9.46. The molecule has 3 heterocycles. The van der Waals surface area contributed by atoms with Crippen LogP contribution < -0.4 is 15.0 Å². The molecule has 2 unspecified atom stereocenters. The van der Waals surface area contributed by atoms with E-state index in [1.165, 1.54) is 12.0 Å². The van der Waals surface area contributed by atoms with Gasteiger partial charge in [-0.3, -0.25) is 0 Å². The van der Waals surface area contributed by atoms with Crippen molar-refractivity contribution >= 4 is 17.3 Å². The third kappa shape index (κ3) is 4.73. The molecule has 2 aliphatic rings. The first kappa shape index (κ1) is 21.2.